The van der Waals surface area contributed by atoms with Crippen LogP contribution >= 0.6 is 0 Å². The van der Waals surface area contributed by atoms with Crippen molar-refractivity contribution in [1.82, 2.24) is 0 Å². The molecule has 252 valence electrons. The van der Waals surface area contributed by atoms with Gasteiger partial charge in [0.05, 0.1) is 26.7 Å². The van der Waals surface area contributed by atoms with Gasteiger partial charge < -0.3 is 23.7 Å². The highest BCUT2D eigenvalue weighted by molar-refractivity contribution is 6.10. The Morgan fingerprint density at radius 1 is 0.519 bits per heavy atom. The minimum atomic E-state index is -0.972. The van der Waals surface area contributed by atoms with Crippen LogP contribution in [-0.2, 0) is 11.0 Å². The van der Waals surface area contributed by atoms with E-state index < -0.39 is 11.0 Å². The summed E-state index contributed by atoms with van der Waals surface area (Å²) in [6.45, 7) is 0. The first kappa shape index (κ1) is 30.4. The van der Waals surface area contributed by atoms with Crippen LogP contribution in [0.25, 0.3) is 28.0 Å². The van der Waals surface area contributed by atoms with Gasteiger partial charge in [0.15, 0.2) is 5.60 Å². The highest BCUT2D eigenvalue weighted by Crippen LogP contribution is 2.66. The molecule has 0 amide bonds. The molecule has 5 nitrogen and oxygen atoms in total. The van der Waals surface area contributed by atoms with Crippen LogP contribution in [0.3, 0.4) is 0 Å². The standard InChI is InChI=1S/C47H34O5/c1-48-31-20-16-29(17-21-31)46(30-18-22-32(49-2)23-19-30)27-26-36-44-43(34-25-24-33(50-3)28-37(34)45(36)52-46)35-10-4-5-11-38(35)47(44)39-12-6-8-14-41(39)51-42-15-9-7-13-40(42)47/h4-28H,1-3H3. The second kappa shape index (κ2) is 11.3. The van der Waals surface area contributed by atoms with E-state index in [0.29, 0.717) is 0 Å². The van der Waals surface area contributed by atoms with E-state index in [9.17, 15) is 0 Å². The average molecular weight is 679 g/mol. The lowest BCUT2D eigenvalue weighted by Crippen LogP contribution is -2.36. The Morgan fingerprint density at radius 3 is 1.65 bits per heavy atom. The second-order valence-electron chi connectivity index (χ2n) is 13.4. The SMILES string of the molecule is COc1ccc(C2(c3ccc(OC)cc3)C=Cc3c4c(c5ccc(OC)cc5c3O2)-c2ccccc2C42c3ccccc3Oc3ccccc32)cc1. The first-order chi connectivity index (χ1) is 25.6. The average Bonchev–Trinajstić information content (AvgIpc) is 3.52. The van der Waals surface area contributed by atoms with Crippen LogP contribution in [0.15, 0.2) is 146 Å². The van der Waals surface area contributed by atoms with Crippen LogP contribution in [0.2, 0.25) is 0 Å². The van der Waals surface area contributed by atoms with E-state index >= 15 is 0 Å². The van der Waals surface area contributed by atoms with Gasteiger partial charge in [-0.25, -0.2) is 0 Å². The third kappa shape index (κ3) is 3.99. The molecule has 2 heterocycles. The molecule has 0 fully saturated rings. The Bertz CT molecular complexity index is 2490. The van der Waals surface area contributed by atoms with E-state index in [2.05, 4.69) is 109 Å². The summed E-state index contributed by atoms with van der Waals surface area (Å²) in [5.74, 6) is 4.79. The molecule has 0 N–H and O–H groups in total. The topological polar surface area (TPSA) is 46.2 Å². The summed E-state index contributed by atoms with van der Waals surface area (Å²) < 4.78 is 31.3. The Kier molecular flexibility index (Phi) is 6.58. The monoisotopic (exact) mass is 678 g/mol. The molecule has 52 heavy (non-hydrogen) atoms. The van der Waals surface area contributed by atoms with Crippen LogP contribution in [-0.4, -0.2) is 21.3 Å². The molecule has 0 saturated heterocycles. The summed E-state index contributed by atoms with van der Waals surface area (Å²) in [5, 5.41) is 2.07. The van der Waals surface area contributed by atoms with Gasteiger partial charge in [-0.3, -0.25) is 0 Å². The molecule has 1 aliphatic carbocycles. The number of hydrogen-bond donors (Lipinski definition) is 0. The zero-order valence-corrected chi connectivity index (χ0v) is 29.0. The third-order valence-corrected chi connectivity index (χ3v) is 11.1. The fourth-order valence-corrected chi connectivity index (χ4v) is 8.79. The molecule has 0 bridgehead atoms. The maximum atomic E-state index is 7.63. The molecule has 7 aromatic rings. The Morgan fingerprint density at radius 2 is 1.06 bits per heavy atom. The largest absolute Gasteiger partial charge is 0.497 e. The third-order valence-electron chi connectivity index (χ3n) is 11.1. The molecule has 0 radical (unpaired) electrons. The number of methoxy groups -OCH3 is 3. The van der Waals surface area contributed by atoms with Crippen molar-refractivity contribution in [2.24, 2.45) is 0 Å². The highest BCUT2D eigenvalue weighted by atomic mass is 16.5. The van der Waals surface area contributed by atoms with E-state index in [-0.39, 0.29) is 0 Å². The van der Waals surface area contributed by atoms with Crippen LogP contribution in [0.5, 0.6) is 34.5 Å². The van der Waals surface area contributed by atoms with E-state index in [1.807, 2.05) is 42.5 Å². The zero-order chi connectivity index (χ0) is 35.0. The van der Waals surface area contributed by atoms with Gasteiger partial charge in [0, 0.05) is 33.2 Å². The van der Waals surface area contributed by atoms with Gasteiger partial charge in [0.1, 0.15) is 34.5 Å². The summed E-state index contributed by atoms with van der Waals surface area (Å²) >= 11 is 0. The molecule has 2 aliphatic heterocycles. The lowest BCUT2D eigenvalue weighted by Gasteiger charge is -2.42. The van der Waals surface area contributed by atoms with Crippen LogP contribution in [0, 0.1) is 0 Å². The fraction of sp³-hybridized carbons (Fsp3) is 0.106. The van der Waals surface area contributed by atoms with Crippen LogP contribution in [0.4, 0.5) is 0 Å². The Hall–Kier alpha value is -6.46. The molecule has 0 saturated carbocycles. The molecule has 10 rings (SSSR count). The zero-order valence-electron chi connectivity index (χ0n) is 29.0. The maximum absolute atomic E-state index is 7.63. The van der Waals surface area contributed by atoms with Gasteiger partial charge in [-0.2, -0.15) is 0 Å². The summed E-state index contributed by atoms with van der Waals surface area (Å²) in [5.41, 5.74) is 8.29. The van der Waals surface area contributed by atoms with Crippen LogP contribution in [0.1, 0.15) is 38.9 Å². The summed E-state index contributed by atoms with van der Waals surface area (Å²) in [4.78, 5) is 0. The van der Waals surface area contributed by atoms with E-state index in [0.717, 1.165) is 73.1 Å². The van der Waals surface area contributed by atoms with Crippen molar-refractivity contribution in [3.05, 3.63) is 185 Å². The predicted octanol–water partition coefficient (Wildman–Crippen LogP) is 10.7. The predicted molar refractivity (Wildman–Crippen MR) is 204 cm³/mol. The van der Waals surface area contributed by atoms with Gasteiger partial charge in [-0.15, -0.1) is 0 Å². The van der Waals surface area contributed by atoms with E-state index in [1.54, 1.807) is 21.3 Å². The quantitative estimate of drug-likeness (QED) is 0.181. The van der Waals surface area contributed by atoms with Crippen molar-refractivity contribution >= 4 is 16.8 Å². The van der Waals surface area contributed by atoms with Crippen LogP contribution < -0.4 is 23.7 Å². The molecule has 1 spiro atoms. The van der Waals surface area contributed by atoms with Crippen molar-refractivity contribution in [2.75, 3.05) is 21.3 Å². The van der Waals surface area contributed by atoms with Crippen molar-refractivity contribution < 1.29 is 23.7 Å². The molecular weight excluding hydrogens is 645 g/mol. The van der Waals surface area contributed by atoms with Gasteiger partial charge in [0.25, 0.3) is 0 Å². The number of hydrogen-bond acceptors (Lipinski definition) is 5. The minimum Gasteiger partial charge on any atom is -0.497 e. The van der Waals surface area contributed by atoms with Gasteiger partial charge in [-0.05, 0) is 88.3 Å². The fourth-order valence-electron chi connectivity index (χ4n) is 8.79. The van der Waals surface area contributed by atoms with E-state index in [1.165, 1.54) is 22.3 Å². The van der Waals surface area contributed by atoms with Crippen molar-refractivity contribution in [3.8, 4) is 45.6 Å². The number of ether oxygens (including phenoxy) is 5. The number of benzene rings is 7. The highest BCUT2D eigenvalue weighted by Gasteiger charge is 2.54. The summed E-state index contributed by atoms with van der Waals surface area (Å²) in [6, 6.07) is 48.3. The molecule has 5 heteroatoms. The molecule has 7 aromatic carbocycles. The van der Waals surface area contributed by atoms with Crippen molar-refractivity contribution in [3.63, 3.8) is 0 Å². The number of para-hydroxylation sites is 2. The smallest absolute Gasteiger partial charge is 0.178 e. The number of rotatable bonds is 5. The summed E-state index contributed by atoms with van der Waals surface area (Å²) in [7, 11) is 5.07. The van der Waals surface area contributed by atoms with Crippen molar-refractivity contribution in [1.29, 1.82) is 0 Å². The van der Waals surface area contributed by atoms with Crippen molar-refractivity contribution in [2.45, 2.75) is 11.0 Å². The lowest BCUT2D eigenvalue weighted by molar-refractivity contribution is 0.163. The normalized spacial score (nSPS) is 15.0. The molecule has 0 unspecified atom stereocenters. The Balaban J connectivity index is 1.35. The Labute approximate surface area is 302 Å². The summed E-state index contributed by atoms with van der Waals surface area (Å²) in [6.07, 6.45) is 4.48. The first-order valence-corrected chi connectivity index (χ1v) is 17.4. The molecule has 3 aliphatic rings. The lowest BCUT2D eigenvalue weighted by atomic mass is 9.64. The van der Waals surface area contributed by atoms with Gasteiger partial charge >= 0.3 is 0 Å². The molecular formula is C47H34O5. The first-order valence-electron chi connectivity index (χ1n) is 17.4. The van der Waals surface area contributed by atoms with Gasteiger partial charge in [-0.1, -0.05) is 91.0 Å². The van der Waals surface area contributed by atoms with Gasteiger partial charge in [0.2, 0.25) is 0 Å². The minimum absolute atomic E-state index is 0.677. The second-order valence-corrected chi connectivity index (χ2v) is 13.4. The molecule has 0 atom stereocenters. The van der Waals surface area contributed by atoms with E-state index in [4.69, 9.17) is 23.7 Å². The number of fused-ring (bicyclic) bond motifs is 14. The molecule has 0 aromatic heterocycles. The maximum Gasteiger partial charge on any atom is 0.178 e.